The molecule has 0 spiro atoms. The lowest BCUT2D eigenvalue weighted by atomic mass is 9.93. The van der Waals surface area contributed by atoms with Crippen molar-refractivity contribution in [3.63, 3.8) is 0 Å². The Hall–Kier alpha value is -1.35. The molecule has 0 bridgehead atoms. The molecular formula is C17H26N2O. The number of carbonyl (C=O) groups is 1. The molecule has 1 unspecified atom stereocenters. The smallest absolute Gasteiger partial charge is 0.222 e. The lowest BCUT2D eigenvalue weighted by Crippen LogP contribution is -2.42. The summed E-state index contributed by atoms with van der Waals surface area (Å²) in [7, 11) is 0. The van der Waals surface area contributed by atoms with Crippen LogP contribution in [0.15, 0.2) is 24.3 Å². The van der Waals surface area contributed by atoms with Crippen molar-refractivity contribution in [2.75, 3.05) is 0 Å². The summed E-state index contributed by atoms with van der Waals surface area (Å²) < 4.78 is 0. The van der Waals surface area contributed by atoms with E-state index in [0.29, 0.717) is 6.42 Å². The van der Waals surface area contributed by atoms with Gasteiger partial charge in [-0.1, -0.05) is 49.6 Å². The SMILES string of the molecule is CCC(NC(=O)CC1(N)CCCC1)c1ccc(C)cc1. The lowest BCUT2D eigenvalue weighted by Gasteiger charge is -2.25. The third-order valence-electron chi connectivity index (χ3n) is 4.34. The molecule has 1 aromatic carbocycles. The normalized spacial score (nSPS) is 18.8. The van der Waals surface area contributed by atoms with Crippen molar-refractivity contribution in [3.05, 3.63) is 35.4 Å². The molecule has 1 fully saturated rings. The van der Waals surface area contributed by atoms with Crippen LogP contribution in [0.4, 0.5) is 0 Å². The number of carbonyl (C=O) groups excluding carboxylic acids is 1. The van der Waals surface area contributed by atoms with Crippen molar-refractivity contribution in [2.24, 2.45) is 5.73 Å². The Bertz CT molecular complexity index is 447. The molecule has 1 aromatic rings. The van der Waals surface area contributed by atoms with Gasteiger partial charge in [0.2, 0.25) is 5.91 Å². The summed E-state index contributed by atoms with van der Waals surface area (Å²) in [6.45, 7) is 4.17. The van der Waals surface area contributed by atoms with Gasteiger partial charge in [-0.3, -0.25) is 4.79 Å². The maximum Gasteiger partial charge on any atom is 0.222 e. The van der Waals surface area contributed by atoms with Gasteiger partial charge in [0.25, 0.3) is 0 Å². The van der Waals surface area contributed by atoms with E-state index < -0.39 is 0 Å². The Morgan fingerprint density at radius 3 is 2.45 bits per heavy atom. The first-order valence-electron chi connectivity index (χ1n) is 7.67. The Balaban J connectivity index is 1.95. The van der Waals surface area contributed by atoms with Gasteiger partial charge in [0.1, 0.15) is 0 Å². The van der Waals surface area contributed by atoms with E-state index in [0.717, 1.165) is 32.1 Å². The van der Waals surface area contributed by atoms with E-state index in [-0.39, 0.29) is 17.5 Å². The zero-order chi connectivity index (χ0) is 14.6. The third-order valence-corrected chi connectivity index (χ3v) is 4.34. The Morgan fingerprint density at radius 2 is 1.90 bits per heavy atom. The van der Waals surface area contributed by atoms with Gasteiger partial charge in [0, 0.05) is 12.0 Å². The highest BCUT2D eigenvalue weighted by molar-refractivity contribution is 5.77. The molecule has 0 heterocycles. The van der Waals surface area contributed by atoms with Gasteiger partial charge in [-0.25, -0.2) is 0 Å². The Kier molecular flexibility index (Phi) is 4.81. The van der Waals surface area contributed by atoms with Gasteiger partial charge in [-0.15, -0.1) is 0 Å². The number of nitrogens with one attached hydrogen (secondary N) is 1. The number of hydrogen-bond donors (Lipinski definition) is 2. The number of aryl methyl sites for hydroxylation is 1. The molecule has 0 aromatic heterocycles. The van der Waals surface area contributed by atoms with E-state index in [2.05, 4.69) is 43.4 Å². The maximum atomic E-state index is 12.2. The molecule has 3 N–H and O–H groups in total. The Morgan fingerprint density at radius 1 is 1.30 bits per heavy atom. The van der Waals surface area contributed by atoms with Gasteiger partial charge in [-0.2, -0.15) is 0 Å². The summed E-state index contributed by atoms with van der Waals surface area (Å²) in [4.78, 5) is 12.2. The predicted molar refractivity (Wildman–Crippen MR) is 82.4 cm³/mol. The van der Waals surface area contributed by atoms with Gasteiger partial charge >= 0.3 is 0 Å². The number of amides is 1. The highest BCUT2D eigenvalue weighted by Gasteiger charge is 2.32. The highest BCUT2D eigenvalue weighted by atomic mass is 16.1. The summed E-state index contributed by atoms with van der Waals surface area (Å²) in [6.07, 6.45) is 5.60. The maximum absolute atomic E-state index is 12.2. The van der Waals surface area contributed by atoms with Crippen LogP contribution in [0, 0.1) is 6.92 Å². The number of rotatable bonds is 5. The first kappa shape index (κ1) is 15.0. The molecule has 1 aliphatic rings. The quantitative estimate of drug-likeness (QED) is 0.866. The molecule has 3 nitrogen and oxygen atoms in total. The third kappa shape index (κ3) is 3.83. The molecule has 1 atom stereocenters. The largest absolute Gasteiger partial charge is 0.349 e. The monoisotopic (exact) mass is 274 g/mol. The molecule has 1 amide bonds. The van der Waals surface area contributed by atoms with Crippen molar-refractivity contribution < 1.29 is 4.79 Å². The summed E-state index contributed by atoms with van der Waals surface area (Å²) in [5.41, 5.74) is 8.41. The van der Waals surface area contributed by atoms with Crippen molar-refractivity contribution in [1.29, 1.82) is 0 Å². The molecule has 1 aliphatic carbocycles. The minimum absolute atomic E-state index is 0.0850. The van der Waals surface area contributed by atoms with Crippen LogP contribution in [0.1, 0.15) is 62.6 Å². The summed E-state index contributed by atoms with van der Waals surface area (Å²) in [5.74, 6) is 0.0850. The standard InChI is InChI=1S/C17H26N2O/c1-3-15(14-8-6-13(2)7-9-14)19-16(20)12-17(18)10-4-5-11-17/h6-9,15H,3-5,10-12,18H2,1-2H3,(H,19,20). The fraction of sp³-hybridized carbons (Fsp3) is 0.588. The van der Waals surface area contributed by atoms with E-state index in [1.165, 1.54) is 11.1 Å². The minimum Gasteiger partial charge on any atom is -0.349 e. The van der Waals surface area contributed by atoms with E-state index in [1.54, 1.807) is 0 Å². The lowest BCUT2D eigenvalue weighted by molar-refractivity contribution is -0.123. The van der Waals surface area contributed by atoms with Gasteiger partial charge in [-0.05, 0) is 31.7 Å². The Labute approximate surface area is 121 Å². The first-order chi connectivity index (χ1) is 9.52. The molecule has 3 heteroatoms. The van der Waals surface area contributed by atoms with Crippen LogP contribution < -0.4 is 11.1 Å². The van der Waals surface area contributed by atoms with Crippen LogP contribution in [-0.4, -0.2) is 11.4 Å². The average molecular weight is 274 g/mol. The van der Waals surface area contributed by atoms with Crippen LogP contribution in [-0.2, 0) is 4.79 Å². The van der Waals surface area contributed by atoms with E-state index in [9.17, 15) is 4.79 Å². The minimum atomic E-state index is -0.268. The van der Waals surface area contributed by atoms with Crippen LogP contribution in [0.3, 0.4) is 0 Å². The number of hydrogen-bond acceptors (Lipinski definition) is 2. The summed E-state index contributed by atoms with van der Waals surface area (Å²) in [6, 6.07) is 8.46. The zero-order valence-electron chi connectivity index (χ0n) is 12.6. The van der Waals surface area contributed by atoms with E-state index in [1.807, 2.05) is 0 Å². The van der Waals surface area contributed by atoms with Crippen molar-refractivity contribution in [2.45, 2.75) is 64.0 Å². The van der Waals surface area contributed by atoms with Crippen LogP contribution >= 0.6 is 0 Å². The van der Waals surface area contributed by atoms with Gasteiger partial charge in [0.15, 0.2) is 0 Å². The molecule has 0 radical (unpaired) electrons. The number of nitrogens with two attached hydrogens (primary N) is 1. The second-order valence-corrected chi connectivity index (χ2v) is 6.19. The average Bonchev–Trinajstić information content (AvgIpc) is 2.83. The molecule has 2 rings (SSSR count). The van der Waals surface area contributed by atoms with E-state index in [4.69, 9.17) is 5.73 Å². The fourth-order valence-electron chi connectivity index (χ4n) is 3.04. The fourth-order valence-corrected chi connectivity index (χ4v) is 3.04. The number of benzene rings is 1. The predicted octanol–water partition coefficient (Wildman–Crippen LogP) is 3.22. The molecule has 0 saturated heterocycles. The van der Waals surface area contributed by atoms with Crippen molar-refractivity contribution >= 4 is 5.91 Å². The summed E-state index contributed by atoms with van der Waals surface area (Å²) in [5, 5.41) is 3.14. The molecule has 110 valence electrons. The van der Waals surface area contributed by atoms with Crippen LogP contribution in [0.25, 0.3) is 0 Å². The van der Waals surface area contributed by atoms with Crippen LogP contribution in [0.2, 0.25) is 0 Å². The van der Waals surface area contributed by atoms with Crippen LogP contribution in [0.5, 0.6) is 0 Å². The highest BCUT2D eigenvalue weighted by Crippen LogP contribution is 2.30. The molecule has 20 heavy (non-hydrogen) atoms. The van der Waals surface area contributed by atoms with Crippen molar-refractivity contribution in [1.82, 2.24) is 5.32 Å². The van der Waals surface area contributed by atoms with Crippen molar-refractivity contribution in [3.8, 4) is 0 Å². The summed E-state index contributed by atoms with van der Waals surface area (Å²) >= 11 is 0. The first-order valence-corrected chi connectivity index (χ1v) is 7.67. The second kappa shape index (κ2) is 6.40. The molecule has 0 aliphatic heterocycles. The van der Waals surface area contributed by atoms with Gasteiger partial charge in [0.05, 0.1) is 6.04 Å². The molecule has 1 saturated carbocycles. The topological polar surface area (TPSA) is 55.1 Å². The van der Waals surface area contributed by atoms with Gasteiger partial charge < -0.3 is 11.1 Å². The zero-order valence-corrected chi connectivity index (χ0v) is 12.6. The van der Waals surface area contributed by atoms with E-state index >= 15 is 0 Å². The molecular weight excluding hydrogens is 248 g/mol. The second-order valence-electron chi connectivity index (χ2n) is 6.19.